The van der Waals surface area contributed by atoms with Gasteiger partial charge in [-0.2, -0.15) is 4.98 Å². The van der Waals surface area contributed by atoms with E-state index in [0.717, 1.165) is 16.8 Å². The van der Waals surface area contributed by atoms with E-state index in [1.807, 2.05) is 32.0 Å². The van der Waals surface area contributed by atoms with Crippen molar-refractivity contribution in [3.05, 3.63) is 65.3 Å². The first-order valence-electron chi connectivity index (χ1n) is 7.97. The number of aromatic nitrogens is 2. The van der Waals surface area contributed by atoms with E-state index in [1.165, 1.54) is 12.1 Å². The Morgan fingerprint density at radius 3 is 2.68 bits per heavy atom. The van der Waals surface area contributed by atoms with Crippen molar-refractivity contribution >= 4 is 11.6 Å². The largest absolute Gasteiger partial charge is 0.339 e. The number of aryl methyl sites for hydroxylation is 2. The van der Waals surface area contributed by atoms with Gasteiger partial charge in [0.05, 0.1) is 0 Å². The molecule has 3 rings (SSSR count). The number of hydrogen-bond acceptors (Lipinski definition) is 4. The van der Waals surface area contributed by atoms with Gasteiger partial charge in [-0.1, -0.05) is 17.3 Å². The van der Waals surface area contributed by atoms with Crippen LogP contribution in [0.5, 0.6) is 0 Å². The Kier molecular flexibility index (Phi) is 4.88. The molecule has 3 aromatic rings. The van der Waals surface area contributed by atoms with E-state index in [-0.39, 0.29) is 18.1 Å². The number of anilines is 1. The van der Waals surface area contributed by atoms with Gasteiger partial charge in [0.25, 0.3) is 0 Å². The van der Waals surface area contributed by atoms with Gasteiger partial charge in [0, 0.05) is 24.1 Å². The van der Waals surface area contributed by atoms with Crippen molar-refractivity contribution in [1.82, 2.24) is 10.1 Å². The SMILES string of the molecule is Cc1cccc(NC(=O)CCc2nc(-c3ccc(F)cc3)no2)c1C. The molecule has 0 spiro atoms. The highest BCUT2D eigenvalue weighted by Gasteiger charge is 2.12. The van der Waals surface area contributed by atoms with E-state index in [0.29, 0.717) is 23.7 Å². The molecule has 0 bridgehead atoms. The second kappa shape index (κ2) is 7.25. The van der Waals surface area contributed by atoms with Crippen LogP contribution in [0, 0.1) is 19.7 Å². The number of rotatable bonds is 5. The molecule has 1 heterocycles. The molecule has 0 atom stereocenters. The molecule has 1 amide bonds. The Bertz CT molecular complexity index is 888. The minimum absolute atomic E-state index is 0.116. The Morgan fingerprint density at radius 2 is 1.92 bits per heavy atom. The summed E-state index contributed by atoms with van der Waals surface area (Å²) in [5.41, 5.74) is 3.64. The van der Waals surface area contributed by atoms with Gasteiger partial charge in [0.15, 0.2) is 0 Å². The highest BCUT2D eigenvalue weighted by molar-refractivity contribution is 5.91. The molecule has 5 nitrogen and oxygen atoms in total. The van der Waals surface area contributed by atoms with Gasteiger partial charge >= 0.3 is 0 Å². The van der Waals surface area contributed by atoms with Crippen LogP contribution in [0.15, 0.2) is 47.0 Å². The van der Waals surface area contributed by atoms with E-state index >= 15 is 0 Å². The molecule has 1 N–H and O–H groups in total. The molecule has 0 aliphatic carbocycles. The Balaban J connectivity index is 1.59. The average Bonchev–Trinajstić information content (AvgIpc) is 3.07. The van der Waals surface area contributed by atoms with Crippen molar-refractivity contribution in [2.24, 2.45) is 0 Å². The third kappa shape index (κ3) is 4.09. The quantitative estimate of drug-likeness (QED) is 0.761. The molecule has 0 unspecified atom stereocenters. The van der Waals surface area contributed by atoms with E-state index in [1.54, 1.807) is 12.1 Å². The van der Waals surface area contributed by atoms with Gasteiger partial charge in [0.2, 0.25) is 17.6 Å². The van der Waals surface area contributed by atoms with Gasteiger partial charge in [-0.05, 0) is 55.3 Å². The number of benzene rings is 2. The lowest BCUT2D eigenvalue weighted by Gasteiger charge is -2.09. The smallest absolute Gasteiger partial charge is 0.227 e. The van der Waals surface area contributed by atoms with Crippen molar-refractivity contribution in [2.75, 3.05) is 5.32 Å². The number of hydrogen-bond donors (Lipinski definition) is 1. The summed E-state index contributed by atoms with van der Waals surface area (Å²) in [6.07, 6.45) is 0.573. The fraction of sp³-hybridized carbons (Fsp3) is 0.211. The lowest BCUT2D eigenvalue weighted by atomic mass is 10.1. The van der Waals surface area contributed by atoms with Crippen molar-refractivity contribution in [2.45, 2.75) is 26.7 Å². The third-order valence-corrected chi connectivity index (χ3v) is 4.02. The normalized spacial score (nSPS) is 10.7. The maximum Gasteiger partial charge on any atom is 0.227 e. The zero-order valence-electron chi connectivity index (χ0n) is 14.0. The molecule has 0 aliphatic rings. The summed E-state index contributed by atoms with van der Waals surface area (Å²) in [7, 11) is 0. The lowest BCUT2D eigenvalue weighted by molar-refractivity contribution is -0.116. The Hall–Kier alpha value is -3.02. The van der Waals surface area contributed by atoms with Crippen molar-refractivity contribution in [1.29, 1.82) is 0 Å². The Labute approximate surface area is 144 Å². The number of amides is 1. The Morgan fingerprint density at radius 1 is 1.16 bits per heavy atom. The summed E-state index contributed by atoms with van der Waals surface area (Å²) >= 11 is 0. The summed E-state index contributed by atoms with van der Waals surface area (Å²) in [6, 6.07) is 11.6. The lowest BCUT2D eigenvalue weighted by Crippen LogP contribution is -2.13. The standard InChI is InChI=1S/C19H18FN3O2/c1-12-4-3-5-16(13(12)2)21-17(24)10-11-18-22-19(23-25-18)14-6-8-15(20)9-7-14/h3-9H,10-11H2,1-2H3,(H,21,24). The number of carbonyl (C=O) groups is 1. The average molecular weight is 339 g/mol. The topological polar surface area (TPSA) is 68.0 Å². The van der Waals surface area contributed by atoms with Gasteiger partial charge in [-0.15, -0.1) is 0 Å². The molecule has 6 heteroatoms. The van der Waals surface area contributed by atoms with Crippen LogP contribution in [0.3, 0.4) is 0 Å². The van der Waals surface area contributed by atoms with Crippen molar-refractivity contribution in [3.63, 3.8) is 0 Å². The number of halogens is 1. The van der Waals surface area contributed by atoms with Crippen LogP contribution >= 0.6 is 0 Å². The summed E-state index contributed by atoms with van der Waals surface area (Å²) < 4.78 is 18.1. The van der Waals surface area contributed by atoms with Gasteiger partial charge in [-0.3, -0.25) is 4.79 Å². The zero-order valence-corrected chi connectivity index (χ0v) is 14.0. The molecule has 1 aromatic heterocycles. The molecule has 0 fully saturated rings. The van der Waals surface area contributed by atoms with Gasteiger partial charge in [-0.25, -0.2) is 4.39 Å². The van der Waals surface area contributed by atoms with Crippen LogP contribution in [0.1, 0.15) is 23.4 Å². The fourth-order valence-electron chi connectivity index (χ4n) is 2.39. The van der Waals surface area contributed by atoms with Crippen LogP contribution in [0.2, 0.25) is 0 Å². The third-order valence-electron chi connectivity index (χ3n) is 4.02. The minimum Gasteiger partial charge on any atom is -0.339 e. The molecule has 0 saturated carbocycles. The molecule has 0 aliphatic heterocycles. The molecular weight excluding hydrogens is 321 g/mol. The van der Waals surface area contributed by atoms with Gasteiger partial charge in [0.1, 0.15) is 5.82 Å². The van der Waals surface area contributed by atoms with Crippen LogP contribution in [0.4, 0.5) is 10.1 Å². The summed E-state index contributed by atoms with van der Waals surface area (Å²) in [6.45, 7) is 3.97. The predicted octanol–water partition coefficient (Wildman–Crippen LogP) is 4.06. The van der Waals surface area contributed by atoms with E-state index in [9.17, 15) is 9.18 Å². The fourth-order valence-corrected chi connectivity index (χ4v) is 2.39. The number of nitrogens with zero attached hydrogens (tertiary/aromatic N) is 2. The summed E-state index contributed by atoms with van der Waals surface area (Å²) in [5.74, 6) is 0.311. The van der Waals surface area contributed by atoms with E-state index < -0.39 is 0 Å². The highest BCUT2D eigenvalue weighted by atomic mass is 19.1. The van der Waals surface area contributed by atoms with E-state index in [2.05, 4.69) is 15.5 Å². The molecule has 2 aromatic carbocycles. The number of nitrogens with one attached hydrogen (secondary N) is 1. The first-order valence-corrected chi connectivity index (χ1v) is 7.97. The van der Waals surface area contributed by atoms with Crippen molar-refractivity contribution < 1.29 is 13.7 Å². The van der Waals surface area contributed by atoms with Crippen molar-refractivity contribution in [3.8, 4) is 11.4 Å². The molecule has 0 saturated heterocycles. The minimum atomic E-state index is -0.324. The first-order chi connectivity index (χ1) is 12.0. The number of carbonyl (C=O) groups excluding carboxylic acids is 1. The van der Waals surface area contributed by atoms with Crippen LogP contribution in [0.25, 0.3) is 11.4 Å². The first kappa shape index (κ1) is 16.8. The summed E-state index contributed by atoms with van der Waals surface area (Å²) in [4.78, 5) is 16.4. The monoisotopic (exact) mass is 339 g/mol. The molecular formula is C19H18FN3O2. The maximum absolute atomic E-state index is 12.9. The molecule has 128 valence electrons. The second-order valence-corrected chi connectivity index (χ2v) is 5.81. The second-order valence-electron chi connectivity index (χ2n) is 5.81. The molecule has 0 radical (unpaired) electrons. The highest BCUT2D eigenvalue weighted by Crippen LogP contribution is 2.19. The zero-order chi connectivity index (χ0) is 17.8. The summed E-state index contributed by atoms with van der Waals surface area (Å²) in [5, 5.41) is 6.76. The van der Waals surface area contributed by atoms with E-state index in [4.69, 9.17) is 4.52 Å². The molecule has 25 heavy (non-hydrogen) atoms. The predicted molar refractivity (Wildman–Crippen MR) is 92.6 cm³/mol. The maximum atomic E-state index is 12.9. The van der Waals surface area contributed by atoms with Crippen LogP contribution in [-0.2, 0) is 11.2 Å². The van der Waals surface area contributed by atoms with Gasteiger partial charge < -0.3 is 9.84 Å². The van der Waals surface area contributed by atoms with Crippen LogP contribution in [-0.4, -0.2) is 16.0 Å². The van der Waals surface area contributed by atoms with Crippen LogP contribution < -0.4 is 5.32 Å².